The number of anilines is 1. The highest BCUT2D eigenvalue weighted by atomic mass is 16.2. The zero-order valence-electron chi connectivity index (χ0n) is 9.99. The first-order chi connectivity index (χ1) is 7.72. The minimum Gasteiger partial charge on any atom is -0.338 e. The normalized spacial score (nSPS) is 11.9. The van der Waals surface area contributed by atoms with E-state index >= 15 is 0 Å². The van der Waals surface area contributed by atoms with Gasteiger partial charge in [0.2, 0.25) is 0 Å². The van der Waals surface area contributed by atoms with Gasteiger partial charge in [-0.3, -0.25) is 0 Å². The molecule has 1 atom stereocenters. The molecule has 1 rings (SSSR count). The summed E-state index contributed by atoms with van der Waals surface area (Å²) in [6.45, 7) is 5.08. The highest BCUT2D eigenvalue weighted by molar-refractivity contribution is 5.89. The molecule has 2 N–H and O–H groups in total. The lowest BCUT2D eigenvalue weighted by atomic mass is 10.1. The first-order valence-corrected chi connectivity index (χ1v) is 5.82. The molecule has 0 aliphatic heterocycles. The Balaban J connectivity index is 2.21. The van der Waals surface area contributed by atoms with Gasteiger partial charge in [0, 0.05) is 12.2 Å². The second kappa shape index (κ2) is 6.88. The van der Waals surface area contributed by atoms with Gasteiger partial charge in [-0.1, -0.05) is 38.5 Å². The van der Waals surface area contributed by atoms with Crippen LogP contribution >= 0.6 is 0 Å². The van der Waals surface area contributed by atoms with Crippen LogP contribution in [0.2, 0.25) is 0 Å². The summed E-state index contributed by atoms with van der Waals surface area (Å²) in [5, 5.41) is 5.63. The molecule has 16 heavy (non-hydrogen) atoms. The number of amides is 2. The lowest BCUT2D eigenvalue weighted by molar-refractivity contribution is 0.251. The van der Waals surface area contributed by atoms with Gasteiger partial charge >= 0.3 is 6.03 Å². The molecule has 0 spiro atoms. The Kier molecular flexibility index (Phi) is 5.40. The highest BCUT2D eigenvalue weighted by Crippen LogP contribution is 2.06. The van der Waals surface area contributed by atoms with E-state index in [1.165, 1.54) is 0 Å². The zero-order valence-corrected chi connectivity index (χ0v) is 9.99. The van der Waals surface area contributed by atoms with Crippen molar-refractivity contribution >= 4 is 11.7 Å². The number of hydrogen-bond donors (Lipinski definition) is 2. The third-order valence-electron chi connectivity index (χ3n) is 2.65. The number of carbonyl (C=O) groups is 1. The van der Waals surface area contributed by atoms with Crippen LogP contribution in [0.4, 0.5) is 10.5 Å². The van der Waals surface area contributed by atoms with E-state index in [-0.39, 0.29) is 6.03 Å². The Labute approximate surface area is 97.2 Å². The number of nitrogens with one attached hydrogen (secondary N) is 2. The van der Waals surface area contributed by atoms with Crippen molar-refractivity contribution in [2.45, 2.75) is 26.7 Å². The molecule has 88 valence electrons. The van der Waals surface area contributed by atoms with Gasteiger partial charge in [0.05, 0.1) is 0 Å². The monoisotopic (exact) mass is 220 g/mol. The third kappa shape index (κ3) is 4.82. The molecular formula is C13H20N2O. The molecule has 0 unspecified atom stereocenters. The largest absolute Gasteiger partial charge is 0.338 e. The first kappa shape index (κ1) is 12.6. The maximum atomic E-state index is 11.5. The fourth-order valence-electron chi connectivity index (χ4n) is 1.33. The van der Waals surface area contributed by atoms with Crippen LogP contribution in [0, 0.1) is 5.92 Å². The Morgan fingerprint density at radius 3 is 2.62 bits per heavy atom. The van der Waals surface area contributed by atoms with Crippen LogP contribution in [0.3, 0.4) is 0 Å². The Morgan fingerprint density at radius 1 is 1.31 bits per heavy atom. The molecule has 0 fully saturated rings. The molecule has 0 radical (unpaired) electrons. The van der Waals surface area contributed by atoms with Gasteiger partial charge < -0.3 is 10.6 Å². The van der Waals surface area contributed by atoms with Gasteiger partial charge in [0.15, 0.2) is 0 Å². The summed E-state index contributed by atoms with van der Waals surface area (Å²) < 4.78 is 0. The van der Waals surface area contributed by atoms with Gasteiger partial charge in [0.1, 0.15) is 0 Å². The van der Waals surface area contributed by atoms with E-state index in [2.05, 4.69) is 24.5 Å². The van der Waals surface area contributed by atoms with Crippen LogP contribution < -0.4 is 10.6 Å². The van der Waals surface area contributed by atoms with Gasteiger partial charge in [-0.2, -0.15) is 0 Å². The van der Waals surface area contributed by atoms with Crippen LogP contribution in [-0.2, 0) is 0 Å². The van der Waals surface area contributed by atoms with Crippen LogP contribution in [0.15, 0.2) is 30.3 Å². The molecule has 0 aliphatic rings. The van der Waals surface area contributed by atoms with Crippen molar-refractivity contribution in [3.05, 3.63) is 30.3 Å². The average Bonchev–Trinajstić information content (AvgIpc) is 2.30. The minimum absolute atomic E-state index is 0.130. The number of carbonyl (C=O) groups excluding carboxylic acids is 1. The van der Waals surface area contributed by atoms with E-state index in [1.54, 1.807) is 0 Å². The van der Waals surface area contributed by atoms with Crippen molar-refractivity contribution in [1.82, 2.24) is 5.32 Å². The molecule has 0 saturated heterocycles. The second-order valence-electron chi connectivity index (χ2n) is 4.05. The van der Waals surface area contributed by atoms with Gasteiger partial charge in [0.25, 0.3) is 0 Å². The predicted molar refractivity (Wildman–Crippen MR) is 67.5 cm³/mol. The molecule has 2 amide bonds. The summed E-state index contributed by atoms with van der Waals surface area (Å²) in [5.41, 5.74) is 0.823. The van der Waals surface area contributed by atoms with E-state index in [4.69, 9.17) is 0 Å². The quantitative estimate of drug-likeness (QED) is 0.785. The maximum Gasteiger partial charge on any atom is 0.319 e. The SMILES string of the molecule is CC[C@@H](C)CCNC(=O)Nc1ccccc1. The van der Waals surface area contributed by atoms with Crippen LogP contribution in [0.25, 0.3) is 0 Å². The lowest BCUT2D eigenvalue weighted by Gasteiger charge is -2.10. The lowest BCUT2D eigenvalue weighted by Crippen LogP contribution is -2.30. The van der Waals surface area contributed by atoms with Crippen molar-refractivity contribution in [1.29, 1.82) is 0 Å². The third-order valence-corrected chi connectivity index (χ3v) is 2.65. The molecule has 1 aromatic carbocycles. The summed E-state index contributed by atoms with van der Waals surface area (Å²) in [5.74, 6) is 0.664. The number of para-hydroxylation sites is 1. The Morgan fingerprint density at radius 2 is 2.00 bits per heavy atom. The van der Waals surface area contributed by atoms with Gasteiger partial charge in [-0.25, -0.2) is 4.79 Å². The number of urea groups is 1. The molecule has 0 bridgehead atoms. The van der Waals surface area contributed by atoms with E-state index in [0.717, 1.165) is 25.1 Å². The van der Waals surface area contributed by atoms with E-state index in [9.17, 15) is 4.79 Å². The molecule has 0 heterocycles. The van der Waals surface area contributed by atoms with Crippen molar-refractivity contribution in [2.75, 3.05) is 11.9 Å². The van der Waals surface area contributed by atoms with Gasteiger partial charge in [-0.15, -0.1) is 0 Å². The van der Waals surface area contributed by atoms with E-state index in [1.807, 2.05) is 30.3 Å². The van der Waals surface area contributed by atoms with Crippen LogP contribution in [-0.4, -0.2) is 12.6 Å². The van der Waals surface area contributed by atoms with Crippen molar-refractivity contribution in [3.63, 3.8) is 0 Å². The van der Waals surface area contributed by atoms with E-state index < -0.39 is 0 Å². The minimum atomic E-state index is -0.130. The molecule has 3 heteroatoms. The van der Waals surface area contributed by atoms with E-state index in [0.29, 0.717) is 5.92 Å². The molecule has 0 aromatic heterocycles. The van der Waals surface area contributed by atoms with Crippen LogP contribution in [0.5, 0.6) is 0 Å². The van der Waals surface area contributed by atoms with Gasteiger partial charge in [-0.05, 0) is 24.5 Å². The number of rotatable bonds is 5. The van der Waals surface area contributed by atoms with Crippen molar-refractivity contribution in [3.8, 4) is 0 Å². The summed E-state index contributed by atoms with van der Waals surface area (Å²) >= 11 is 0. The summed E-state index contributed by atoms with van der Waals surface area (Å²) in [7, 11) is 0. The summed E-state index contributed by atoms with van der Waals surface area (Å²) in [4.78, 5) is 11.5. The smallest absolute Gasteiger partial charge is 0.319 e. The maximum absolute atomic E-state index is 11.5. The zero-order chi connectivity index (χ0) is 11.8. The molecular weight excluding hydrogens is 200 g/mol. The fraction of sp³-hybridized carbons (Fsp3) is 0.462. The summed E-state index contributed by atoms with van der Waals surface area (Å²) in [6, 6.07) is 9.33. The fourth-order valence-corrected chi connectivity index (χ4v) is 1.33. The standard InChI is InChI=1S/C13H20N2O/c1-3-11(2)9-10-14-13(16)15-12-7-5-4-6-8-12/h4-8,11H,3,9-10H2,1-2H3,(H2,14,15,16)/t11-/m1/s1. The molecule has 1 aromatic rings. The number of benzene rings is 1. The molecule has 0 aliphatic carbocycles. The van der Waals surface area contributed by atoms with Crippen molar-refractivity contribution in [2.24, 2.45) is 5.92 Å². The number of hydrogen-bond acceptors (Lipinski definition) is 1. The molecule has 0 saturated carbocycles. The second-order valence-corrected chi connectivity index (χ2v) is 4.05. The summed E-state index contributed by atoms with van der Waals surface area (Å²) in [6.07, 6.45) is 2.18. The van der Waals surface area contributed by atoms with Crippen LogP contribution in [0.1, 0.15) is 26.7 Å². The Bertz CT molecular complexity index is 311. The Hall–Kier alpha value is -1.51. The highest BCUT2D eigenvalue weighted by Gasteiger charge is 2.02. The topological polar surface area (TPSA) is 41.1 Å². The average molecular weight is 220 g/mol. The predicted octanol–water partition coefficient (Wildman–Crippen LogP) is 3.24. The first-order valence-electron chi connectivity index (χ1n) is 5.82. The van der Waals surface area contributed by atoms with Crippen molar-refractivity contribution < 1.29 is 4.79 Å². The molecule has 3 nitrogen and oxygen atoms in total.